The van der Waals surface area contributed by atoms with Crippen molar-refractivity contribution in [3.05, 3.63) is 41.7 Å². The van der Waals surface area contributed by atoms with Crippen molar-refractivity contribution in [2.24, 2.45) is 5.73 Å². The van der Waals surface area contributed by atoms with E-state index in [1.807, 2.05) is 24.3 Å². The van der Waals surface area contributed by atoms with Gasteiger partial charge in [0, 0.05) is 57.1 Å². The van der Waals surface area contributed by atoms with Crippen molar-refractivity contribution >= 4 is 21.6 Å². The summed E-state index contributed by atoms with van der Waals surface area (Å²) in [5.74, 6) is 0.195. The molecule has 0 aliphatic carbocycles. The van der Waals surface area contributed by atoms with Gasteiger partial charge in [0.15, 0.2) is 5.82 Å². The molecule has 1 amide bonds. The van der Waals surface area contributed by atoms with Crippen molar-refractivity contribution in [3.63, 3.8) is 0 Å². The molecule has 3 heterocycles. The molecule has 11 heteroatoms. The number of benzene rings is 1. The van der Waals surface area contributed by atoms with E-state index in [4.69, 9.17) is 10.5 Å². The number of nitrogens with zero attached hydrogens (tertiary/aromatic N) is 5. The van der Waals surface area contributed by atoms with Gasteiger partial charge < -0.3 is 20.3 Å². The summed E-state index contributed by atoms with van der Waals surface area (Å²) in [6.45, 7) is 4.50. The highest BCUT2D eigenvalue weighted by atomic mass is 32.2. The highest BCUT2D eigenvalue weighted by Gasteiger charge is 2.27. The second-order valence-corrected chi connectivity index (χ2v) is 9.86. The molecule has 0 radical (unpaired) electrons. The Morgan fingerprint density at radius 1 is 1.03 bits per heavy atom. The minimum absolute atomic E-state index is 0.184. The number of morpholine rings is 1. The predicted molar refractivity (Wildman–Crippen MR) is 121 cm³/mol. The van der Waals surface area contributed by atoms with Crippen molar-refractivity contribution in [3.8, 4) is 11.4 Å². The molecule has 2 aliphatic heterocycles. The smallest absolute Gasteiger partial charge is 0.272 e. The maximum Gasteiger partial charge on any atom is 0.272 e. The van der Waals surface area contributed by atoms with E-state index in [1.165, 1.54) is 10.6 Å². The number of sulfonamides is 1. The second kappa shape index (κ2) is 9.49. The van der Waals surface area contributed by atoms with Crippen LogP contribution in [0.5, 0.6) is 0 Å². The first kappa shape index (κ1) is 22.6. The molecule has 2 aliphatic rings. The topological polar surface area (TPSA) is 122 Å². The molecule has 4 rings (SSSR count). The minimum atomic E-state index is -3.26. The molecule has 0 atom stereocenters. The zero-order chi connectivity index (χ0) is 22.7. The number of nitrogens with two attached hydrogens (primary N) is 1. The van der Waals surface area contributed by atoms with E-state index in [0.717, 1.165) is 24.3 Å². The van der Waals surface area contributed by atoms with Gasteiger partial charge in [-0.1, -0.05) is 0 Å². The molecule has 2 aromatic rings. The van der Waals surface area contributed by atoms with Crippen LogP contribution in [0, 0.1) is 0 Å². The molecule has 0 bridgehead atoms. The van der Waals surface area contributed by atoms with Gasteiger partial charge in [-0.25, -0.2) is 18.4 Å². The fourth-order valence-electron chi connectivity index (χ4n) is 3.87. The number of rotatable bonds is 5. The standard InChI is InChI=1S/C21H28N6O4S/c1-32(29,30)27-8-6-26(7-9-27)21(28)19-14-17(15-22)23-20(24-19)16-2-4-18(5-3-16)25-10-12-31-13-11-25/h2-5,14H,6-13,15,22H2,1H3. The molecular weight excluding hydrogens is 432 g/mol. The van der Waals surface area contributed by atoms with Gasteiger partial charge in [0.25, 0.3) is 5.91 Å². The monoisotopic (exact) mass is 460 g/mol. The lowest BCUT2D eigenvalue weighted by molar-refractivity contribution is 0.0692. The van der Waals surface area contributed by atoms with Crippen molar-refractivity contribution in [2.45, 2.75) is 6.54 Å². The number of aromatic nitrogens is 2. The minimum Gasteiger partial charge on any atom is -0.378 e. The summed E-state index contributed by atoms with van der Waals surface area (Å²) in [6, 6.07) is 9.53. The van der Waals surface area contributed by atoms with Gasteiger partial charge in [0.05, 0.1) is 25.2 Å². The fraction of sp³-hybridized carbons (Fsp3) is 0.476. The lowest BCUT2D eigenvalue weighted by atomic mass is 10.1. The van der Waals surface area contributed by atoms with E-state index in [9.17, 15) is 13.2 Å². The van der Waals surface area contributed by atoms with E-state index in [2.05, 4.69) is 14.9 Å². The Kier molecular flexibility index (Phi) is 6.70. The number of piperazine rings is 1. The van der Waals surface area contributed by atoms with E-state index < -0.39 is 10.0 Å². The maximum atomic E-state index is 13.1. The average molecular weight is 461 g/mol. The summed E-state index contributed by atoms with van der Waals surface area (Å²) < 4.78 is 30.2. The molecule has 0 spiro atoms. The maximum absolute atomic E-state index is 13.1. The third-order valence-electron chi connectivity index (χ3n) is 5.70. The van der Waals surface area contributed by atoms with Crippen molar-refractivity contribution in [1.82, 2.24) is 19.2 Å². The first-order chi connectivity index (χ1) is 15.3. The van der Waals surface area contributed by atoms with E-state index in [-0.39, 0.29) is 31.2 Å². The van der Waals surface area contributed by atoms with Crippen LogP contribution < -0.4 is 10.6 Å². The number of carbonyl (C=O) groups is 1. The third-order valence-corrected chi connectivity index (χ3v) is 7.01. The molecule has 0 unspecified atom stereocenters. The van der Waals surface area contributed by atoms with Gasteiger partial charge in [-0.05, 0) is 30.3 Å². The number of carbonyl (C=O) groups excluding carboxylic acids is 1. The number of anilines is 1. The average Bonchev–Trinajstić information content (AvgIpc) is 2.83. The Bertz CT molecular complexity index is 1060. The SMILES string of the molecule is CS(=O)(=O)N1CCN(C(=O)c2cc(CN)nc(-c3ccc(N4CCOCC4)cc3)n2)CC1. The molecule has 1 aromatic carbocycles. The fourth-order valence-corrected chi connectivity index (χ4v) is 4.70. The Hall–Kier alpha value is -2.60. The van der Waals surface area contributed by atoms with Crippen molar-refractivity contribution < 1.29 is 17.9 Å². The zero-order valence-electron chi connectivity index (χ0n) is 18.1. The quantitative estimate of drug-likeness (QED) is 0.669. The number of hydrogen-bond donors (Lipinski definition) is 1. The Morgan fingerprint density at radius 3 is 2.28 bits per heavy atom. The van der Waals surface area contributed by atoms with Gasteiger partial charge in [-0.3, -0.25) is 4.79 Å². The van der Waals surface area contributed by atoms with Gasteiger partial charge in [0.2, 0.25) is 10.0 Å². The highest BCUT2D eigenvalue weighted by molar-refractivity contribution is 7.88. The van der Waals surface area contributed by atoms with Gasteiger partial charge >= 0.3 is 0 Å². The summed E-state index contributed by atoms with van der Waals surface area (Å²) in [6.07, 6.45) is 1.18. The van der Waals surface area contributed by atoms with Crippen LogP contribution in [0.2, 0.25) is 0 Å². The van der Waals surface area contributed by atoms with Crippen LogP contribution in [0.3, 0.4) is 0 Å². The summed E-state index contributed by atoms with van der Waals surface area (Å²) in [5.41, 5.74) is 8.57. The first-order valence-corrected chi connectivity index (χ1v) is 12.5. The van der Waals surface area contributed by atoms with Gasteiger partial charge in [-0.2, -0.15) is 4.31 Å². The molecule has 2 fully saturated rings. The molecule has 172 valence electrons. The summed E-state index contributed by atoms with van der Waals surface area (Å²) in [7, 11) is -3.26. The molecule has 2 saturated heterocycles. The summed E-state index contributed by atoms with van der Waals surface area (Å²) >= 11 is 0. The van der Waals surface area contributed by atoms with Gasteiger partial charge in [0.1, 0.15) is 5.69 Å². The molecule has 10 nitrogen and oxygen atoms in total. The van der Waals surface area contributed by atoms with Crippen molar-refractivity contribution in [1.29, 1.82) is 0 Å². The molecule has 0 saturated carbocycles. The molecule has 32 heavy (non-hydrogen) atoms. The Balaban J connectivity index is 1.53. The van der Waals surface area contributed by atoms with E-state index in [0.29, 0.717) is 37.8 Å². The largest absolute Gasteiger partial charge is 0.378 e. The first-order valence-electron chi connectivity index (χ1n) is 10.6. The lowest BCUT2D eigenvalue weighted by Crippen LogP contribution is -2.50. The number of ether oxygens (including phenoxy) is 1. The van der Waals surface area contributed by atoms with Crippen LogP contribution in [0.1, 0.15) is 16.2 Å². The third kappa shape index (κ3) is 5.07. The molecule has 2 N–H and O–H groups in total. The number of amides is 1. The normalized spacial score (nSPS) is 18.1. The Labute approximate surface area is 188 Å². The summed E-state index contributed by atoms with van der Waals surface area (Å²) in [5, 5.41) is 0. The number of hydrogen-bond acceptors (Lipinski definition) is 8. The predicted octanol–water partition coefficient (Wildman–Crippen LogP) is 0.156. The van der Waals surface area contributed by atoms with Crippen LogP contribution in [0.25, 0.3) is 11.4 Å². The summed E-state index contributed by atoms with van der Waals surface area (Å²) in [4.78, 5) is 26.0. The molecule has 1 aromatic heterocycles. The van der Waals surface area contributed by atoms with Crippen molar-refractivity contribution in [2.75, 3.05) is 63.6 Å². The van der Waals surface area contributed by atoms with Crippen LogP contribution >= 0.6 is 0 Å². The van der Waals surface area contributed by atoms with Gasteiger partial charge in [-0.15, -0.1) is 0 Å². The van der Waals surface area contributed by atoms with Crippen LogP contribution in [0.4, 0.5) is 5.69 Å². The van der Waals surface area contributed by atoms with Crippen LogP contribution in [-0.4, -0.2) is 92.2 Å². The van der Waals surface area contributed by atoms with E-state index >= 15 is 0 Å². The zero-order valence-corrected chi connectivity index (χ0v) is 18.9. The molecular formula is C21H28N6O4S. The van der Waals surface area contributed by atoms with Crippen LogP contribution in [-0.2, 0) is 21.3 Å². The highest BCUT2D eigenvalue weighted by Crippen LogP contribution is 2.22. The lowest BCUT2D eigenvalue weighted by Gasteiger charge is -2.33. The van der Waals surface area contributed by atoms with E-state index in [1.54, 1.807) is 11.0 Å². The second-order valence-electron chi connectivity index (χ2n) is 7.87. The Morgan fingerprint density at radius 2 is 1.69 bits per heavy atom. The van der Waals surface area contributed by atoms with Crippen LogP contribution in [0.15, 0.2) is 30.3 Å².